The number of amides is 1. The molecule has 0 spiro atoms. The molecule has 0 aliphatic carbocycles. The lowest BCUT2D eigenvalue weighted by atomic mass is 10.1. The first-order chi connectivity index (χ1) is 14.3. The Hall–Kier alpha value is -3.39. The van der Waals surface area contributed by atoms with Gasteiger partial charge in [0.2, 0.25) is 0 Å². The van der Waals surface area contributed by atoms with Crippen LogP contribution in [0.1, 0.15) is 27.0 Å². The van der Waals surface area contributed by atoms with Crippen molar-refractivity contribution in [2.75, 3.05) is 0 Å². The van der Waals surface area contributed by atoms with Crippen LogP contribution in [0.15, 0.2) is 78.5 Å². The highest BCUT2D eigenvalue weighted by Crippen LogP contribution is 2.21. The Morgan fingerprint density at radius 3 is 2.59 bits per heavy atom. The van der Waals surface area contributed by atoms with E-state index >= 15 is 0 Å². The smallest absolute Gasteiger partial charge is 0.251 e. The van der Waals surface area contributed by atoms with Crippen LogP contribution in [-0.2, 0) is 18.8 Å². The summed E-state index contributed by atoms with van der Waals surface area (Å²) in [7, 11) is 0. The molecule has 0 aliphatic rings. The number of nitrogens with one attached hydrogen (secondary N) is 2. The molecule has 0 radical (unpaired) electrons. The fraction of sp³-hybridized carbons (Fsp3) is 0.143. The van der Waals surface area contributed by atoms with Crippen molar-refractivity contribution in [2.45, 2.75) is 24.0 Å². The minimum Gasteiger partial charge on any atom is -0.348 e. The Morgan fingerprint density at radius 2 is 1.83 bits per heavy atom. The average molecular weight is 404 g/mol. The predicted octanol–water partition coefficient (Wildman–Crippen LogP) is 3.27. The quantitative estimate of drug-likeness (QED) is 0.440. The molecule has 0 fully saturated rings. The molecule has 2 heterocycles. The molecule has 0 saturated carbocycles. The van der Waals surface area contributed by atoms with Crippen LogP contribution in [0.5, 0.6) is 0 Å². The molecule has 146 valence electrons. The molecule has 0 bridgehead atoms. The van der Waals surface area contributed by atoms with Gasteiger partial charge in [0.1, 0.15) is 6.33 Å². The van der Waals surface area contributed by atoms with Crippen LogP contribution in [0, 0.1) is 0 Å². The molecule has 2 N–H and O–H groups in total. The topological polar surface area (TPSA) is 88.5 Å². The van der Waals surface area contributed by atoms with Crippen molar-refractivity contribution < 1.29 is 4.79 Å². The van der Waals surface area contributed by atoms with Crippen LogP contribution >= 0.6 is 11.8 Å². The number of hydrogen-bond acceptors (Lipinski definition) is 5. The minimum atomic E-state index is -0.0901. The van der Waals surface area contributed by atoms with Gasteiger partial charge in [-0.25, -0.2) is 4.98 Å². The summed E-state index contributed by atoms with van der Waals surface area (Å²) in [4.78, 5) is 17.0. The molecule has 7 nitrogen and oxygen atoms in total. The third-order valence-corrected chi connectivity index (χ3v) is 5.39. The summed E-state index contributed by atoms with van der Waals surface area (Å²) in [5.41, 5.74) is 3.83. The fourth-order valence-corrected chi connectivity index (χ4v) is 3.78. The maximum atomic E-state index is 12.9. The summed E-state index contributed by atoms with van der Waals surface area (Å²) in [5, 5.41) is 14.7. The largest absolute Gasteiger partial charge is 0.348 e. The fourth-order valence-electron chi connectivity index (χ4n) is 3.00. The number of rotatable bonds is 8. The van der Waals surface area contributed by atoms with Gasteiger partial charge in [0.15, 0.2) is 5.16 Å². The number of aromatic amines is 1. The van der Waals surface area contributed by atoms with Gasteiger partial charge in [0.05, 0.1) is 6.54 Å². The lowest BCUT2D eigenvalue weighted by Gasteiger charge is -2.13. The van der Waals surface area contributed by atoms with Crippen LogP contribution < -0.4 is 5.32 Å². The Balaban J connectivity index is 1.43. The maximum absolute atomic E-state index is 12.9. The molecule has 4 aromatic rings. The van der Waals surface area contributed by atoms with E-state index in [1.807, 2.05) is 59.4 Å². The molecule has 2 aromatic carbocycles. The van der Waals surface area contributed by atoms with Gasteiger partial charge in [0.25, 0.3) is 5.91 Å². The van der Waals surface area contributed by atoms with Crippen LogP contribution in [0.4, 0.5) is 0 Å². The average Bonchev–Trinajstić information content (AvgIpc) is 3.46. The molecule has 1 amide bonds. The summed E-state index contributed by atoms with van der Waals surface area (Å²) >= 11 is 1.51. The maximum Gasteiger partial charge on any atom is 0.251 e. The van der Waals surface area contributed by atoms with Gasteiger partial charge in [0, 0.05) is 30.3 Å². The van der Waals surface area contributed by atoms with Crippen LogP contribution in [-0.4, -0.2) is 30.9 Å². The molecule has 8 heteroatoms. The van der Waals surface area contributed by atoms with E-state index in [-0.39, 0.29) is 5.91 Å². The number of hydrogen-bond donors (Lipinski definition) is 2. The van der Waals surface area contributed by atoms with E-state index in [0.717, 1.165) is 21.8 Å². The Morgan fingerprint density at radius 1 is 1.03 bits per heavy atom. The number of aromatic nitrogens is 5. The summed E-state index contributed by atoms with van der Waals surface area (Å²) in [6.07, 6.45) is 5.16. The van der Waals surface area contributed by atoms with Crippen molar-refractivity contribution in [3.05, 3.63) is 95.6 Å². The van der Waals surface area contributed by atoms with Gasteiger partial charge in [-0.05, 0) is 28.8 Å². The first-order valence-corrected chi connectivity index (χ1v) is 10.2. The normalized spacial score (nSPS) is 10.8. The summed E-state index contributed by atoms with van der Waals surface area (Å²) < 4.78 is 1.87. The number of benzene rings is 2. The number of carbonyl (C=O) groups excluding carboxylic acids is 1. The molecular weight excluding hydrogens is 384 g/mol. The van der Waals surface area contributed by atoms with Crippen molar-refractivity contribution in [2.24, 2.45) is 0 Å². The minimum absolute atomic E-state index is 0.0901. The van der Waals surface area contributed by atoms with Gasteiger partial charge >= 0.3 is 0 Å². The number of thioether (sulfide) groups is 1. The van der Waals surface area contributed by atoms with Gasteiger partial charge in [-0.1, -0.05) is 54.2 Å². The number of H-pyrrole nitrogens is 1. The van der Waals surface area contributed by atoms with E-state index in [9.17, 15) is 4.79 Å². The Labute approximate surface area is 172 Å². The first-order valence-electron chi connectivity index (χ1n) is 9.18. The van der Waals surface area contributed by atoms with E-state index in [0.29, 0.717) is 24.4 Å². The lowest BCUT2D eigenvalue weighted by Crippen LogP contribution is -2.24. The summed E-state index contributed by atoms with van der Waals surface area (Å²) in [6.45, 7) is 1.13. The second kappa shape index (κ2) is 9.20. The molecular formula is C21H20N6OS. The van der Waals surface area contributed by atoms with Crippen LogP contribution in [0.2, 0.25) is 0 Å². The molecule has 29 heavy (non-hydrogen) atoms. The second-order valence-corrected chi connectivity index (χ2v) is 7.36. The third-order valence-electron chi connectivity index (χ3n) is 4.47. The van der Waals surface area contributed by atoms with Crippen molar-refractivity contribution in [1.82, 2.24) is 30.3 Å². The second-order valence-electron chi connectivity index (χ2n) is 6.39. The van der Waals surface area contributed by atoms with Gasteiger partial charge in [-0.2, -0.15) is 10.2 Å². The monoisotopic (exact) mass is 404 g/mol. The van der Waals surface area contributed by atoms with Crippen LogP contribution in [0.25, 0.3) is 0 Å². The van der Waals surface area contributed by atoms with E-state index in [4.69, 9.17) is 0 Å². The van der Waals surface area contributed by atoms with Gasteiger partial charge < -0.3 is 5.32 Å². The van der Waals surface area contributed by atoms with Crippen molar-refractivity contribution in [3.63, 3.8) is 0 Å². The third kappa shape index (κ3) is 4.91. The predicted molar refractivity (Wildman–Crippen MR) is 111 cm³/mol. The highest BCUT2D eigenvalue weighted by atomic mass is 32.2. The molecule has 0 unspecified atom stereocenters. The van der Waals surface area contributed by atoms with Crippen LogP contribution in [0.3, 0.4) is 0 Å². The highest BCUT2D eigenvalue weighted by molar-refractivity contribution is 7.98. The number of nitrogens with zero attached hydrogens (tertiary/aromatic N) is 4. The van der Waals surface area contributed by atoms with E-state index in [2.05, 4.69) is 31.7 Å². The van der Waals surface area contributed by atoms with Crippen molar-refractivity contribution in [1.29, 1.82) is 0 Å². The van der Waals surface area contributed by atoms with Gasteiger partial charge in [-0.3, -0.25) is 14.6 Å². The highest BCUT2D eigenvalue weighted by Gasteiger charge is 2.12. The summed E-state index contributed by atoms with van der Waals surface area (Å²) in [6, 6.07) is 17.6. The van der Waals surface area contributed by atoms with E-state index < -0.39 is 0 Å². The van der Waals surface area contributed by atoms with Crippen molar-refractivity contribution in [3.8, 4) is 0 Å². The number of carbonyl (C=O) groups is 1. The molecule has 4 rings (SSSR count). The lowest BCUT2D eigenvalue weighted by molar-refractivity contribution is 0.0950. The SMILES string of the molecule is O=C(NCc1ccccc1Cn1cccn1)c1ccccc1CSc1ncn[nH]1. The summed E-state index contributed by atoms with van der Waals surface area (Å²) in [5.74, 6) is 0.543. The zero-order chi connectivity index (χ0) is 19.9. The molecule has 2 aromatic heterocycles. The standard InChI is InChI=1S/C21H20N6OS/c28-20(19-9-4-3-8-18(19)14-29-21-23-15-24-26-21)22-12-16-6-1-2-7-17(16)13-27-11-5-10-25-27/h1-11,15H,12-14H2,(H,22,28)(H,23,24,26). The van der Waals surface area contributed by atoms with Gasteiger partial charge in [-0.15, -0.1) is 0 Å². The zero-order valence-corrected chi connectivity index (χ0v) is 16.5. The first kappa shape index (κ1) is 18.9. The Bertz CT molecular complexity index is 1060. The van der Waals surface area contributed by atoms with E-state index in [1.165, 1.54) is 18.1 Å². The zero-order valence-electron chi connectivity index (χ0n) is 15.7. The van der Waals surface area contributed by atoms with E-state index in [1.54, 1.807) is 6.20 Å². The molecule has 0 aliphatic heterocycles. The molecule has 0 saturated heterocycles. The molecule has 0 atom stereocenters. The Kier molecular flexibility index (Phi) is 6.01. The van der Waals surface area contributed by atoms with Crippen molar-refractivity contribution >= 4 is 17.7 Å².